The van der Waals surface area contributed by atoms with Gasteiger partial charge < -0.3 is 9.73 Å². The van der Waals surface area contributed by atoms with E-state index in [4.69, 9.17) is 4.42 Å². The average Bonchev–Trinajstić information content (AvgIpc) is 3.25. The van der Waals surface area contributed by atoms with Crippen molar-refractivity contribution in [1.82, 2.24) is 15.3 Å². The van der Waals surface area contributed by atoms with Crippen molar-refractivity contribution < 1.29 is 14.0 Å². The van der Waals surface area contributed by atoms with Crippen molar-refractivity contribution in [3.05, 3.63) is 78.3 Å². The topological polar surface area (TPSA) is 88.3 Å². The summed E-state index contributed by atoms with van der Waals surface area (Å²) in [5.41, 5.74) is 1.63. The molecule has 0 aliphatic carbocycles. The number of hydrogen-bond acceptors (Lipinski definition) is 5. The predicted octanol–water partition coefficient (Wildman–Crippen LogP) is 4.67. The van der Waals surface area contributed by atoms with Crippen molar-refractivity contribution >= 4 is 17.5 Å². The largest absolute Gasteiger partial charge is 0.459 e. The fourth-order valence-electron chi connectivity index (χ4n) is 3.33. The van der Waals surface area contributed by atoms with Gasteiger partial charge in [-0.15, -0.1) is 0 Å². The van der Waals surface area contributed by atoms with Gasteiger partial charge in [0.15, 0.2) is 5.76 Å². The van der Waals surface area contributed by atoms with Gasteiger partial charge in [-0.3, -0.25) is 14.5 Å². The van der Waals surface area contributed by atoms with Crippen LogP contribution in [0.2, 0.25) is 0 Å². The Morgan fingerprint density at radius 1 is 0.969 bits per heavy atom. The Balaban J connectivity index is 2.15. The molecule has 1 unspecified atom stereocenters. The number of aromatic nitrogens is 2. The molecule has 0 spiro atoms. The first-order chi connectivity index (χ1) is 15.0. The van der Waals surface area contributed by atoms with Crippen molar-refractivity contribution in [2.45, 2.75) is 58.5 Å². The van der Waals surface area contributed by atoms with Crippen LogP contribution in [-0.2, 0) is 10.2 Å². The van der Waals surface area contributed by atoms with Crippen molar-refractivity contribution in [2.75, 3.05) is 4.90 Å². The van der Waals surface area contributed by atoms with Gasteiger partial charge in [-0.1, -0.05) is 32.9 Å². The Kier molecular flexibility index (Phi) is 6.48. The fraction of sp³-hybridized carbons (Fsp3) is 0.360. The smallest absolute Gasteiger partial charge is 0.294 e. The second-order valence-corrected chi connectivity index (χ2v) is 9.76. The van der Waals surface area contributed by atoms with Crippen LogP contribution < -0.4 is 10.2 Å². The number of carbonyl (C=O) groups excluding carboxylic acids is 2. The van der Waals surface area contributed by atoms with Crippen LogP contribution in [0.25, 0.3) is 0 Å². The molecule has 0 saturated heterocycles. The maximum atomic E-state index is 13.6. The number of rotatable bonds is 5. The summed E-state index contributed by atoms with van der Waals surface area (Å²) in [5, 5.41) is 2.98. The van der Waals surface area contributed by atoms with E-state index in [2.05, 4.69) is 36.1 Å². The Morgan fingerprint density at radius 3 is 2.09 bits per heavy atom. The third-order valence-corrected chi connectivity index (χ3v) is 4.86. The Labute approximate surface area is 188 Å². The molecule has 3 rings (SSSR count). The lowest BCUT2D eigenvalue weighted by Crippen LogP contribution is -2.49. The van der Waals surface area contributed by atoms with Crippen LogP contribution in [0.4, 0.5) is 5.69 Å². The highest BCUT2D eigenvalue weighted by molar-refractivity contribution is 6.08. The monoisotopic (exact) mass is 434 g/mol. The molecule has 2 amide bonds. The molecule has 168 valence electrons. The van der Waals surface area contributed by atoms with Crippen LogP contribution in [0.15, 0.2) is 65.8 Å². The first-order valence-electron chi connectivity index (χ1n) is 10.5. The quantitative estimate of drug-likeness (QED) is 0.630. The number of anilines is 1. The summed E-state index contributed by atoms with van der Waals surface area (Å²) in [5.74, 6) is -0.640. The van der Waals surface area contributed by atoms with Crippen molar-refractivity contribution in [3.63, 3.8) is 0 Å². The summed E-state index contributed by atoms with van der Waals surface area (Å²) < 4.78 is 5.39. The molecule has 1 atom stereocenters. The first kappa shape index (κ1) is 23.2. The molecule has 2 aromatic heterocycles. The third-order valence-electron chi connectivity index (χ3n) is 4.86. The maximum absolute atomic E-state index is 13.6. The number of amides is 2. The Hall–Kier alpha value is -3.48. The predicted molar refractivity (Wildman–Crippen MR) is 123 cm³/mol. The molecule has 0 aliphatic heterocycles. The summed E-state index contributed by atoms with van der Waals surface area (Å²) in [7, 11) is 0. The highest BCUT2D eigenvalue weighted by Gasteiger charge is 2.36. The second-order valence-electron chi connectivity index (χ2n) is 9.76. The molecular formula is C25H30N4O3. The van der Waals surface area contributed by atoms with E-state index in [9.17, 15) is 9.59 Å². The van der Waals surface area contributed by atoms with Gasteiger partial charge in [-0.2, -0.15) is 0 Å². The number of nitrogens with zero attached hydrogens (tertiary/aromatic N) is 3. The molecule has 0 fully saturated rings. The third kappa shape index (κ3) is 5.41. The van der Waals surface area contributed by atoms with Gasteiger partial charge in [-0.25, -0.2) is 9.97 Å². The number of nitrogens with one attached hydrogen (secondary N) is 1. The van der Waals surface area contributed by atoms with Gasteiger partial charge in [0.2, 0.25) is 5.91 Å². The standard InChI is InChI=1S/C25H30N4O3/c1-24(2,3)18-9-11-19(12-10-18)29(23(31)20-8-7-13-32-20)21(17-14-26-16-27-15-17)22(30)28-25(4,5)6/h7-16,21H,1-6H3,(H,28,30). The summed E-state index contributed by atoms with van der Waals surface area (Å²) in [6.07, 6.45) is 5.92. The lowest BCUT2D eigenvalue weighted by molar-refractivity contribution is -0.123. The van der Waals surface area contributed by atoms with E-state index in [-0.39, 0.29) is 17.1 Å². The normalized spacial score (nSPS) is 12.8. The van der Waals surface area contributed by atoms with Crippen LogP contribution in [-0.4, -0.2) is 27.3 Å². The molecule has 7 heteroatoms. The van der Waals surface area contributed by atoms with E-state index in [1.165, 1.54) is 17.5 Å². The van der Waals surface area contributed by atoms with E-state index in [1.54, 1.807) is 24.5 Å². The van der Waals surface area contributed by atoms with Gasteiger partial charge >= 0.3 is 0 Å². The molecule has 3 aromatic rings. The summed E-state index contributed by atoms with van der Waals surface area (Å²) >= 11 is 0. The summed E-state index contributed by atoms with van der Waals surface area (Å²) in [6.45, 7) is 12.0. The molecule has 0 saturated carbocycles. The molecule has 0 radical (unpaired) electrons. The minimum atomic E-state index is -0.992. The molecule has 32 heavy (non-hydrogen) atoms. The number of benzene rings is 1. The van der Waals surface area contributed by atoms with Crippen molar-refractivity contribution in [1.29, 1.82) is 0 Å². The van der Waals surface area contributed by atoms with Gasteiger partial charge in [-0.05, 0) is 56.0 Å². The van der Waals surface area contributed by atoms with Gasteiger partial charge in [0.25, 0.3) is 5.91 Å². The van der Waals surface area contributed by atoms with E-state index in [1.807, 2.05) is 45.0 Å². The molecule has 2 heterocycles. The number of furan rings is 1. The highest BCUT2D eigenvalue weighted by Crippen LogP contribution is 2.32. The molecule has 1 aromatic carbocycles. The van der Waals surface area contributed by atoms with Crippen molar-refractivity contribution in [3.8, 4) is 0 Å². The molecule has 0 aliphatic rings. The van der Waals surface area contributed by atoms with Crippen LogP contribution in [0.3, 0.4) is 0 Å². The van der Waals surface area contributed by atoms with Gasteiger partial charge in [0.1, 0.15) is 12.4 Å². The molecule has 7 nitrogen and oxygen atoms in total. The number of carbonyl (C=O) groups is 2. The fourth-order valence-corrected chi connectivity index (χ4v) is 3.33. The van der Waals surface area contributed by atoms with Gasteiger partial charge in [0, 0.05) is 29.2 Å². The van der Waals surface area contributed by atoms with E-state index in [0.717, 1.165) is 5.56 Å². The average molecular weight is 435 g/mol. The molecule has 0 bridgehead atoms. The molecule has 1 N–H and O–H groups in total. The van der Waals surface area contributed by atoms with E-state index >= 15 is 0 Å². The maximum Gasteiger partial charge on any atom is 0.294 e. The SMILES string of the molecule is CC(C)(C)NC(=O)C(c1cncnc1)N(C(=O)c1ccco1)c1ccc(C(C)(C)C)cc1. The second kappa shape index (κ2) is 8.94. The van der Waals surface area contributed by atoms with Crippen LogP contribution in [0.5, 0.6) is 0 Å². The zero-order valence-electron chi connectivity index (χ0n) is 19.4. The van der Waals surface area contributed by atoms with E-state index < -0.39 is 17.5 Å². The Bertz CT molecular complexity index is 1050. The first-order valence-corrected chi connectivity index (χ1v) is 10.5. The lowest BCUT2D eigenvalue weighted by atomic mass is 9.87. The van der Waals surface area contributed by atoms with Crippen LogP contribution >= 0.6 is 0 Å². The van der Waals surface area contributed by atoms with E-state index in [0.29, 0.717) is 11.3 Å². The van der Waals surface area contributed by atoms with Crippen LogP contribution in [0.1, 0.15) is 69.3 Å². The zero-order valence-corrected chi connectivity index (χ0v) is 19.4. The minimum Gasteiger partial charge on any atom is -0.459 e. The van der Waals surface area contributed by atoms with Gasteiger partial charge in [0.05, 0.1) is 6.26 Å². The number of hydrogen-bond donors (Lipinski definition) is 1. The highest BCUT2D eigenvalue weighted by atomic mass is 16.3. The zero-order chi connectivity index (χ0) is 23.5. The summed E-state index contributed by atoms with van der Waals surface area (Å²) in [4.78, 5) is 36.7. The Morgan fingerprint density at radius 2 is 1.59 bits per heavy atom. The summed E-state index contributed by atoms with van der Waals surface area (Å²) in [6, 6.07) is 9.87. The lowest BCUT2D eigenvalue weighted by Gasteiger charge is -2.33. The minimum absolute atomic E-state index is 0.0509. The molecular weight excluding hydrogens is 404 g/mol. The van der Waals surface area contributed by atoms with Crippen molar-refractivity contribution in [2.24, 2.45) is 0 Å². The van der Waals surface area contributed by atoms with Crippen LogP contribution in [0, 0.1) is 0 Å².